The van der Waals surface area contributed by atoms with Crippen LogP contribution < -0.4 is 0 Å². The van der Waals surface area contributed by atoms with Gasteiger partial charge in [0.1, 0.15) is 0 Å². The van der Waals surface area contributed by atoms with Crippen LogP contribution in [0.4, 0.5) is 17.1 Å². The fourth-order valence-corrected chi connectivity index (χ4v) is 2.85. The van der Waals surface area contributed by atoms with Gasteiger partial charge in [0.15, 0.2) is 0 Å². The number of rotatable bonds is 5. The molecule has 0 aromatic heterocycles. The van der Waals surface area contributed by atoms with Crippen LogP contribution in [0.15, 0.2) is 123 Å². The lowest BCUT2D eigenvalue weighted by Gasteiger charge is -2.03. The third-order valence-corrected chi connectivity index (χ3v) is 4.39. The van der Waals surface area contributed by atoms with Gasteiger partial charge in [-0.15, -0.1) is 0 Å². The Labute approximate surface area is 164 Å². The van der Waals surface area contributed by atoms with Crippen LogP contribution in [0.1, 0.15) is 12.8 Å². The summed E-state index contributed by atoms with van der Waals surface area (Å²) in [6, 6.07) is 25.9. The number of allylic oxidation sites excluding steroid dienone is 4. The predicted octanol–water partition coefficient (Wildman–Crippen LogP) is 8.09. The zero-order valence-electron chi connectivity index (χ0n) is 15.4. The fraction of sp³-hybridized carbons (Fsp3) is 0.0833. The van der Waals surface area contributed by atoms with Crippen LogP contribution in [-0.2, 0) is 0 Å². The molecule has 1 aliphatic rings. The Balaban J connectivity index is 1.43. The highest BCUT2D eigenvalue weighted by molar-refractivity contribution is 5.67. The molecule has 0 unspecified atom stereocenters. The zero-order chi connectivity index (χ0) is 19.0. The summed E-state index contributed by atoms with van der Waals surface area (Å²) >= 11 is 0. The molecule has 3 aromatic rings. The lowest BCUT2D eigenvalue weighted by Crippen LogP contribution is -1.81. The molecule has 28 heavy (non-hydrogen) atoms. The van der Waals surface area contributed by atoms with Gasteiger partial charge in [0.05, 0.1) is 22.8 Å². The molecule has 0 saturated heterocycles. The minimum absolute atomic E-state index is 0.827. The van der Waals surface area contributed by atoms with Crippen molar-refractivity contribution in [3.05, 3.63) is 103 Å². The van der Waals surface area contributed by atoms with E-state index in [4.69, 9.17) is 0 Å². The molecular weight excluding hydrogens is 344 g/mol. The lowest BCUT2D eigenvalue weighted by molar-refractivity contribution is 0.912. The molecule has 4 nitrogen and oxygen atoms in total. The van der Waals surface area contributed by atoms with Crippen molar-refractivity contribution in [1.29, 1.82) is 0 Å². The van der Waals surface area contributed by atoms with Crippen molar-refractivity contribution in [3.8, 4) is 11.1 Å². The highest BCUT2D eigenvalue weighted by Crippen LogP contribution is 2.26. The van der Waals surface area contributed by atoms with E-state index in [0.717, 1.165) is 46.7 Å². The van der Waals surface area contributed by atoms with Crippen molar-refractivity contribution >= 4 is 17.1 Å². The van der Waals surface area contributed by atoms with E-state index in [1.165, 1.54) is 0 Å². The molecule has 136 valence electrons. The molecule has 4 heteroatoms. The molecular formula is C24H20N4. The molecule has 0 radical (unpaired) electrons. The van der Waals surface area contributed by atoms with Gasteiger partial charge in [-0.3, -0.25) is 0 Å². The van der Waals surface area contributed by atoms with Gasteiger partial charge in [-0.1, -0.05) is 54.6 Å². The maximum atomic E-state index is 4.33. The van der Waals surface area contributed by atoms with Gasteiger partial charge in [-0.05, 0) is 66.4 Å². The molecule has 4 rings (SSSR count). The number of nitrogens with zero attached hydrogens (tertiary/aromatic N) is 4. The Morgan fingerprint density at radius 1 is 0.536 bits per heavy atom. The summed E-state index contributed by atoms with van der Waals surface area (Å²) in [5, 5.41) is 17.2. The summed E-state index contributed by atoms with van der Waals surface area (Å²) in [5.41, 5.74) is 5.80. The van der Waals surface area contributed by atoms with Crippen molar-refractivity contribution in [1.82, 2.24) is 0 Å². The van der Waals surface area contributed by atoms with Crippen LogP contribution in [0, 0.1) is 0 Å². The third-order valence-electron chi connectivity index (χ3n) is 4.39. The largest absolute Gasteiger partial charge is 0.155 e. The van der Waals surface area contributed by atoms with Gasteiger partial charge in [0, 0.05) is 0 Å². The van der Waals surface area contributed by atoms with Crippen LogP contribution in [0.2, 0.25) is 0 Å². The topological polar surface area (TPSA) is 49.4 Å². The second kappa shape index (κ2) is 8.82. The number of hydrogen-bond acceptors (Lipinski definition) is 4. The predicted molar refractivity (Wildman–Crippen MR) is 113 cm³/mol. The monoisotopic (exact) mass is 364 g/mol. The van der Waals surface area contributed by atoms with Crippen molar-refractivity contribution in [2.75, 3.05) is 0 Å². The van der Waals surface area contributed by atoms with Crippen molar-refractivity contribution < 1.29 is 0 Å². The van der Waals surface area contributed by atoms with Crippen LogP contribution in [-0.4, -0.2) is 0 Å². The first-order chi connectivity index (χ1) is 13.9. The SMILES string of the molecule is C1=CCCC(N=Nc2ccc(-c3ccc(N=Nc4ccccc4)cc3)cc2)=C1. The van der Waals surface area contributed by atoms with Gasteiger partial charge in [0.25, 0.3) is 0 Å². The standard InChI is InChI=1S/C24H20N4/c1-3-7-21(8-4-1)25-27-23-15-11-19(12-16-23)20-13-17-24(18-14-20)28-26-22-9-5-2-6-10-22/h1-5,7-9,11-18H,6,10H2. The third kappa shape index (κ3) is 4.74. The van der Waals surface area contributed by atoms with E-state index in [2.05, 4.69) is 50.8 Å². The maximum absolute atomic E-state index is 4.33. The van der Waals surface area contributed by atoms with Crippen LogP contribution in [0.5, 0.6) is 0 Å². The van der Waals surface area contributed by atoms with Crippen LogP contribution in [0.25, 0.3) is 11.1 Å². The molecule has 3 aromatic carbocycles. The summed E-state index contributed by atoms with van der Waals surface area (Å²) in [4.78, 5) is 0. The van der Waals surface area contributed by atoms with E-state index in [9.17, 15) is 0 Å². The Kier molecular flexibility index (Phi) is 5.59. The highest BCUT2D eigenvalue weighted by Gasteiger charge is 2.00. The maximum Gasteiger partial charge on any atom is 0.0857 e. The average molecular weight is 364 g/mol. The molecule has 0 amide bonds. The summed E-state index contributed by atoms with van der Waals surface area (Å²) in [5.74, 6) is 0. The fourth-order valence-electron chi connectivity index (χ4n) is 2.85. The van der Waals surface area contributed by atoms with Gasteiger partial charge in [-0.25, -0.2) is 0 Å². The summed E-state index contributed by atoms with van der Waals surface area (Å²) in [7, 11) is 0. The minimum Gasteiger partial charge on any atom is -0.155 e. The first-order valence-electron chi connectivity index (χ1n) is 9.31. The smallest absolute Gasteiger partial charge is 0.0857 e. The lowest BCUT2D eigenvalue weighted by atomic mass is 10.1. The molecule has 0 bridgehead atoms. The number of benzene rings is 3. The van der Waals surface area contributed by atoms with Gasteiger partial charge in [0.2, 0.25) is 0 Å². The Morgan fingerprint density at radius 3 is 1.61 bits per heavy atom. The number of hydrogen-bond donors (Lipinski definition) is 0. The van der Waals surface area contributed by atoms with Crippen LogP contribution in [0.3, 0.4) is 0 Å². The Bertz CT molecular complexity index is 1030. The average Bonchev–Trinajstić information content (AvgIpc) is 2.78. The van der Waals surface area contributed by atoms with Crippen LogP contribution >= 0.6 is 0 Å². The zero-order valence-corrected chi connectivity index (χ0v) is 15.4. The molecule has 0 atom stereocenters. The van der Waals surface area contributed by atoms with E-state index < -0.39 is 0 Å². The molecule has 0 fully saturated rings. The van der Waals surface area contributed by atoms with E-state index in [1.54, 1.807) is 0 Å². The first-order valence-corrected chi connectivity index (χ1v) is 9.31. The first kappa shape index (κ1) is 17.7. The second-order valence-electron chi connectivity index (χ2n) is 6.45. The molecule has 1 aliphatic carbocycles. The Hall–Kier alpha value is -3.66. The molecule has 0 saturated carbocycles. The van der Waals surface area contributed by atoms with E-state index >= 15 is 0 Å². The molecule has 0 heterocycles. The van der Waals surface area contributed by atoms with Crippen molar-refractivity contribution in [2.45, 2.75) is 12.8 Å². The molecule has 0 aliphatic heterocycles. The second-order valence-corrected chi connectivity index (χ2v) is 6.45. The Morgan fingerprint density at radius 2 is 1.07 bits per heavy atom. The summed E-state index contributed by atoms with van der Waals surface area (Å²) in [6.07, 6.45) is 8.17. The van der Waals surface area contributed by atoms with E-state index in [1.807, 2.05) is 66.7 Å². The molecule has 0 N–H and O–H groups in total. The van der Waals surface area contributed by atoms with Gasteiger partial charge < -0.3 is 0 Å². The van der Waals surface area contributed by atoms with Gasteiger partial charge >= 0.3 is 0 Å². The summed E-state index contributed by atoms with van der Waals surface area (Å²) in [6.45, 7) is 0. The van der Waals surface area contributed by atoms with Gasteiger partial charge in [-0.2, -0.15) is 20.5 Å². The number of azo groups is 2. The minimum atomic E-state index is 0.827. The van der Waals surface area contributed by atoms with E-state index in [0.29, 0.717) is 0 Å². The quantitative estimate of drug-likeness (QED) is 0.411. The van der Waals surface area contributed by atoms with Crippen molar-refractivity contribution in [3.63, 3.8) is 0 Å². The normalized spacial score (nSPS) is 13.9. The van der Waals surface area contributed by atoms with E-state index in [-0.39, 0.29) is 0 Å². The summed E-state index contributed by atoms with van der Waals surface area (Å²) < 4.78 is 0. The molecule has 0 spiro atoms. The van der Waals surface area contributed by atoms with Crippen molar-refractivity contribution in [2.24, 2.45) is 20.5 Å². The highest BCUT2D eigenvalue weighted by atomic mass is 15.1.